The van der Waals surface area contributed by atoms with Crippen molar-refractivity contribution in [2.24, 2.45) is 0 Å². The molecule has 27 heavy (non-hydrogen) atoms. The Morgan fingerprint density at radius 2 is 1.67 bits per heavy atom. The molecule has 4 nitrogen and oxygen atoms in total. The zero-order chi connectivity index (χ0) is 19.6. The number of allylic oxidation sites excluding steroid dienone is 1. The third-order valence-electron chi connectivity index (χ3n) is 5.41. The third-order valence-corrected chi connectivity index (χ3v) is 5.41. The first kappa shape index (κ1) is 18.8. The number of nitro groups is 1. The highest BCUT2D eigenvalue weighted by molar-refractivity contribution is 5.97. The SMILES string of the molecule is CC(=O)C1=C(C)/C(=C/c2ccccc2)CC(C)([N+](=O)[O-])C1c1ccccc1. The Kier molecular flexibility index (Phi) is 5.08. The fraction of sp³-hybridized carbons (Fsp3) is 0.261. The van der Waals surface area contributed by atoms with Gasteiger partial charge in [0.1, 0.15) is 0 Å². The Morgan fingerprint density at radius 1 is 1.11 bits per heavy atom. The molecule has 2 aromatic carbocycles. The standard InChI is InChI=1S/C23H23NO3/c1-16-20(14-18-10-6-4-7-11-18)15-23(3,24(26)27)22(21(16)17(2)25)19-12-8-5-9-13-19/h4-14,22H,15H2,1-3H3/b20-14+. The van der Waals surface area contributed by atoms with Gasteiger partial charge in [-0.05, 0) is 36.1 Å². The third kappa shape index (κ3) is 3.47. The Bertz CT molecular complexity index is 929. The summed E-state index contributed by atoms with van der Waals surface area (Å²) in [4.78, 5) is 24.5. The molecule has 0 amide bonds. The molecule has 3 rings (SSSR count). The molecule has 138 valence electrons. The van der Waals surface area contributed by atoms with Crippen molar-refractivity contribution >= 4 is 11.9 Å². The molecule has 0 spiro atoms. The van der Waals surface area contributed by atoms with Crippen molar-refractivity contribution in [3.63, 3.8) is 0 Å². The number of Topliss-reactive ketones (excluding diaryl/α,β-unsaturated/α-hetero) is 1. The summed E-state index contributed by atoms with van der Waals surface area (Å²) in [5.74, 6) is -0.688. The lowest BCUT2D eigenvalue weighted by Crippen LogP contribution is -2.46. The van der Waals surface area contributed by atoms with Gasteiger partial charge in [0.05, 0.1) is 5.92 Å². The molecule has 0 aliphatic heterocycles. The van der Waals surface area contributed by atoms with Crippen molar-refractivity contribution in [2.45, 2.75) is 38.6 Å². The van der Waals surface area contributed by atoms with Crippen LogP contribution in [0.15, 0.2) is 77.4 Å². The van der Waals surface area contributed by atoms with E-state index in [1.54, 1.807) is 6.92 Å². The van der Waals surface area contributed by atoms with Gasteiger partial charge < -0.3 is 0 Å². The summed E-state index contributed by atoms with van der Waals surface area (Å²) < 4.78 is 0. The lowest BCUT2D eigenvalue weighted by atomic mass is 9.65. The smallest absolute Gasteiger partial charge is 0.234 e. The molecular weight excluding hydrogens is 338 g/mol. The van der Waals surface area contributed by atoms with Crippen LogP contribution in [0.2, 0.25) is 0 Å². The monoisotopic (exact) mass is 361 g/mol. The number of rotatable bonds is 4. The van der Waals surface area contributed by atoms with Gasteiger partial charge in [-0.15, -0.1) is 0 Å². The Balaban J connectivity index is 2.26. The predicted octanol–water partition coefficient (Wildman–Crippen LogP) is 5.20. The first-order valence-corrected chi connectivity index (χ1v) is 9.01. The van der Waals surface area contributed by atoms with E-state index >= 15 is 0 Å². The van der Waals surface area contributed by atoms with E-state index in [1.807, 2.05) is 73.7 Å². The van der Waals surface area contributed by atoms with E-state index < -0.39 is 11.5 Å². The molecule has 1 aliphatic rings. The van der Waals surface area contributed by atoms with E-state index in [-0.39, 0.29) is 17.1 Å². The Morgan fingerprint density at radius 3 is 2.19 bits per heavy atom. The van der Waals surface area contributed by atoms with Gasteiger partial charge in [0.25, 0.3) is 0 Å². The molecule has 0 heterocycles. The molecule has 4 heteroatoms. The zero-order valence-electron chi connectivity index (χ0n) is 15.8. The molecule has 0 saturated heterocycles. The van der Waals surface area contributed by atoms with Crippen LogP contribution in [0.1, 0.15) is 44.2 Å². The summed E-state index contributed by atoms with van der Waals surface area (Å²) in [5, 5.41) is 12.2. The largest absolute Gasteiger partial charge is 0.295 e. The van der Waals surface area contributed by atoms with Crippen LogP contribution < -0.4 is 0 Å². The molecule has 0 N–H and O–H groups in total. The maximum atomic E-state index is 12.6. The van der Waals surface area contributed by atoms with Crippen LogP contribution in [0.25, 0.3) is 6.08 Å². The topological polar surface area (TPSA) is 60.2 Å². The van der Waals surface area contributed by atoms with E-state index in [4.69, 9.17) is 0 Å². The maximum absolute atomic E-state index is 12.6. The van der Waals surface area contributed by atoms with Gasteiger partial charge in [-0.25, -0.2) is 0 Å². The molecule has 0 fully saturated rings. The summed E-state index contributed by atoms with van der Waals surface area (Å²) in [6, 6.07) is 19.0. The van der Waals surface area contributed by atoms with Crippen LogP contribution in [-0.4, -0.2) is 16.2 Å². The second-order valence-electron chi connectivity index (χ2n) is 7.31. The minimum absolute atomic E-state index is 0.118. The Labute approximate surface area is 159 Å². The molecule has 0 saturated carbocycles. The summed E-state index contributed by atoms with van der Waals surface area (Å²) in [5.41, 5.74) is 2.72. The molecular formula is C23H23NO3. The van der Waals surface area contributed by atoms with Crippen molar-refractivity contribution in [2.75, 3.05) is 0 Å². The fourth-order valence-electron chi connectivity index (χ4n) is 4.04. The average molecular weight is 361 g/mol. The van der Waals surface area contributed by atoms with Crippen molar-refractivity contribution in [3.8, 4) is 0 Å². The van der Waals surface area contributed by atoms with Crippen molar-refractivity contribution in [3.05, 3.63) is 98.6 Å². The average Bonchev–Trinajstić information content (AvgIpc) is 2.65. The summed E-state index contributed by atoms with van der Waals surface area (Å²) >= 11 is 0. The van der Waals surface area contributed by atoms with Gasteiger partial charge >= 0.3 is 0 Å². The first-order valence-electron chi connectivity index (χ1n) is 9.01. The zero-order valence-corrected chi connectivity index (χ0v) is 15.8. The predicted molar refractivity (Wildman–Crippen MR) is 107 cm³/mol. The number of nitrogens with zero attached hydrogens (tertiary/aromatic N) is 1. The Hall–Kier alpha value is -3.01. The molecule has 2 aromatic rings. The van der Waals surface area contributed by atoms with Crippen LogP contribution >= 0.6 is 0 Å². The van der Waals surface area contributed by atoms with Crippen LogP contribution in [0.4, 0.5) is 0 Å². The van der Waals surface area contributed by atoms with Gasteiger partial charge in [0, 0.05) is 23.8 Å². The lowest BCUT2D eigenvalue weighted by Gasteiger charge is -2.37. The summed E-state index contributed by atoms with van der Waals surface area (Å²) in [7, 11) is 0. The first-order chi connectivity index (χ1) is 12.8. The molecule has 0 radical (unpaired) electrons. The summed E-state index contributed by atoms with van der Waals surface area (Å²) in [6.07, 6.45) is 2.23. The van der Waals surface area contributed by atoms with E-state index in [0.29, 0.717) is 5.57 Å². The van der Waals surface area contributed by atoms with E-state index in [1.165, 1.54) is 6.92 Å². The van der Waals surface area contributed by atoms with Crippen LogP contribution in [-0.2, 0) is 4.79 Å². The van der Waals surface area contributed by atoms with Crippen molar-refractivity contribution in [1.29, 1.82) is 0 Å². The highest BCUT2D eigenvalue weighted by atomic mass is 16.6. The fourth-order valence-corrected chi connectivity index (χ4v) is 4.04. The maximum Gasteiger partial charge on any atom is 0.234 e. The number of hydrogen-bond acceptors (Lipinski definition) is 3. The number of ketones is 1. The molecule has 2 atom stereocenters. The molecule has 1 aliphatic carbocycles. The van der Waals surface area contributed by atoms with Crippen molar-refractivity contribution < 1.29 is 9.72 Å². The van der Waals surface area contributed by atoms with Crippen LogP contribution in [0.3, 0.4) is 0 Å². The quantitative estimate of drug-likeness (QED) is 0.555. The molecule has 0 aromatic heterocycles. The van der Waals surface area contributed by atoms with Crippen LogP contribution in [0.5, 0.6) is 0 Å². The van der Waals surface area contributed by atoms with E-state index in [0.717, 1.165) is 22.3 Å². The minimum Gasteiger partial charge on any atom is -0.295 e. The number of carbonyl (C=O) groups excluding carboxylic acids is 1. The highest BCUT2D eigenvalue weighted by Gasteiger charge is 2.53. The van der Waals surface area contributed by atoms with Crippen molar-refractivity contribution in [1.82, 2.24) is 0 Å². The van der Waals surface area contributed by atoms with E-state index in [9.17, 15) is 14.9 Å². The minimum atomic E-state index is -1.29. The number of hydrogen-bond donors (Lipinski definition) is 0. The van der Waals surface area contributed by atoms with Gasteiger partial charge in [-0.3, -0.25) is 14.9 Å². The molecule has 0 bridgehead atoms. The number of carbonyl (C=O) groups is 1. The highest BCUT2D eigenvalue weighted by Crippen LogP contribution is 2.48. The normalized spacial score (nSPS) is 24.1. The van der Waals surface area contributed by atoms with Crippen LogP contribution in [0, 0.1) is 10.1 Å². The van der Waals surface area contributed by atoms with E-state index in [2.05, 4.69) is 0 Å². The second-order valence-corrected chi connectivity index (χ2v) is 7.31. The molecule has 2 unspecified atom stereocenters. The van der Waals surface area contributed by atoms with Gasteiger partial charge in [-0.1, -0.05) is 66.7 Å². The number of benzene rings is 2. The lowest BCUT2D eigenvalue weighted by molar-refractivity contribution is -0.568. The van der Waals surface area contributed by atoms with Gasteiger partial charge in [0.15, 0.2) is 5.78 Å². The summed E-state index contributed by atoms with van der Waals surface area (Å²) in [6.45, 7) is 5.06. The van der Waals surface area contributed by atoms with Gasteiger partial charge in [-0.2, -0.15) is 0 Å². The second kappa shape index (κ2) is 7.31. The van der Waals surface area contributed by atoms with Gasteiger partial charge in [0.2, 0.25) is 5.54 Å².